The Bertz CT molecular complexity index is 48.2. The van der Waals surface area contributed by atoms with Crippen LogP contribution in [0.5, 0.6) is 0 Å². The van der Waals surface area contributed by atoms with Crippen LogP contribution in [0.1, 0.15) is 0 Å². The van der Waals surface area contributed by atoms with Crippen molar-refractivity contribution in [1.29, 1.82) is 0 Å². The van der Waals surface area contributed by atoms with E-state index >= 15 is 0 Å². The van der Waals surface area contributed by atoms with Gasteiger partial charge in [-0.15, -0.1) is 0 Å². The first-order chi connectivity index (χ1) is 3.27. The van der Waals surface area contributed by atoms with Gasteiger partial charge in [-0.25, -0.2) is 0 Å². The van der Waals surface area contributed by atoms with Crippen LogP contribution in [0.15, 0.2) is 0 Å². The van der Waals surface area contributed by atoms with Crippen molar-refractivity contribution in [2.24, 2.45) is 5.73 Å². The number of rotatable bonds is 0. The zero-order valence-corrected chi connectivity index (χ0v) is 4.47. The Labute approximate surface area is 44.2 Å². The van der Waals surface area contributed by atoms with Crippen molar-refractivity contribution in [1.82, 2.24) is 0 Å². The second-order valence-corrected chi connectivity index (χ2v) is 0.523. The summed E-state index contributed by atoms with van der Waals surface area (Å²) in [5.41, 5.74) is 4.50. The molecule has 0 saturated heterocycles. The Morgan fingerprint density at radius 1 is 1.71 bits per heavy atom. The first kappa shape index (κ1) is 9.71. The van der Waals surface area contributed by atoms with Gasteiger partial charge >= 0.3 is 0 Å². The first-order valence-corrected chi connectivity index (χ1v) is 1.68. The molecule has 40 valence electrons. The third-order valence-electron chi connectivity index (χ3n) is 0.201. The molecule has 0 aromatic carbocycles. The van der Waals surface area contributed by atoms with Crippen LogP contribution in [0.4, 0.5) is 4.79 Å². The van der Waals surface area contributed by atoms with Gasteiger partial charge in [0.25, 0.3) is 0 Å². The van der Waals surface area contributed by atoms with Crippen molar-refractivity contribution >= 4 is 13.7 Å². The first-order valence-electron chi connectivity index (χ1n) is 1.68. The lowest BCUT2D eigenvalue weighted by atomic mass is 10.2. The van der Waals surface area contributed by atoms with Gasteiger partial charge in [-0.1, -0.05) is 0 Å². The van der Waals surface area contributed by atoms with Gasteiger partial charge < -0.3 is 10.5 Å². The van der Waals surface area contributed by atoms with E-state index in [1.54, 1.807) is 0 Å². The highest BCUT2D eigenvalue weighted by Gasteiger charge is 1.75. The van der Waals surface area contributed by atoms with E-state index in [-0.39, 0.29) is 0 Å². The number of hydrogen-bond donors (Lipinski definition) is 1. The summed E-state index contributed by atoms with van der Waals surface area (Å²) in [6.07, 6.45) is 0. The molecule has 0 heterocycles. The highest BCUT2D eigenvalue weighted by atomic mass is 16.5. The summed E-state index contributed by atoms with van der Waals surface area (Å²) < 4.78 is 3.89. The normalized spacial score (nSPS) is 5.57. The fourth-order valence-electron chi connectivity index (χ4n) is 0. The topological polar surface area (TPSA) is 52.3 Å². The molecule has 0 unspecified atom stereocenters. The average Bonchev–Trinajstić information content (AvgIpc) is 1.73. The Morgan fingerprint density at radius 2 is 1.86 bits per heavy atom. The zero-order valence-electron chi connectivity index (χ0n) is 4.47. The molecule has 0 aliphatic carbocycles. The zero-order chi connectivity index (χ0) is 6.28. The van der Waals surface area contributed by atoms with E-state index in [0.29, 0.717) is 0 Å². The van der Waals surface area contributed by atoms with E-state index in [0.717, 1.165) is 0 Å². The maximum Gasteiger partial charge on any atom is 0.235 e. The minimum absolute atomic E-state index is 0.745. The van der Waals surface area contributed by atoms with Gasteiger partial charge in [0.15, 0.2) is 0 Å². The number of ether oxygens (including phenoxy) is 1. The molecule has 0 aliphatic rings. The maximum absolute atomic E-state index is 9.37. The summed E-state index contributed by atoms with van der Waals surface area (Å²) in [4.78, 5) is 9.37. The van der Waals surface area contributed by atoms with E-state index < -0.39 is 5.87 Å². The molecule has 2 radical (unpaired) electrons. The van der Waals surface area contributed by atoms with Crippen LogP contribution in [0.25, 0.3) is 0 Å². The minimum atomic E-state index is -0.745. The highest BCUT2D eigenvalue weighted by molar-refractivity contribution is 6.55. The summed E-state index contributed by atoms with van der Waals surface area (Å²) >= 11 is 0. The number of methoxy groups -OCH3 is 1. The van der Waals surface area contributed by atoms with Gasteiger partial charge in [0.1, 0.15) is 0 Å². The molecule has 0 aliphatic heterocycles. The van der Waals surface area contributed by atoms with Crippen molar-refractivity contribution < 1.29 is 9.53 Å². The fourth-order valence-corrected chi connectivity index (χ4v) is 0. The van der Waals surface area contributed by atoms with Gasteiger partial charge in [0.2, 0.25) is 13.7 Å². The lowest BCUT2D eigenvalue weighted by Gasteiger charge is -1.81. The molecule has 3 nitrogen and oxygen atoms in total. The quantitative estimate of drug-likeness (QED) is 0.418. The number of carbonyl (C=O) groups is 1. The summed E-state index contributed by atoms with van der Waals surface area (Å²) in [5.74, 6) is -0.745. The van der Waals surface area contributed by atoms with Crippen LogP contribution >= 0.6 is 0 Å². The largest absolute Gasteiger partial charge is 0.478 e. The molecule has 0 amide bonds. The third kappa shape index (κ3) is 30.0. The summed E-state index contributed by atoms with van der Waals surface area (Å²) in [5, 5.41) is 0. The van der Waals surface area contributed by atoms with E-state index in [1.165, 1.54) is 14.2 Å². The van der Waals surface area contributed by atoms with E-state index in [2.05, 4.69) is 18.3 Å². The van der Waals surface area contributed by atoms with E-state index in [9.17, 15) is 4.79 Å². The molecular formula is C3H8BNO2. The molecule has 0 saturated carbocycles. The van der Waals surface area contributed by atoms with Crippen LogP contribution in [0.3, 0.4) is 0 Å². The number of carbonyl (C=O) groups excluding carboxylic acids is 1. The SMILES string of the molecule is CN.[B]C(=O)OC. The second-order valence-electron chi connectivity index (χ2n) is 0.523. The molecule has 4 heteroatoms. The molecule has 7 heavy (non-hydrogen) atoms. The lowest BCUT2D eigenvalue weighted by Crippen LogP contribution is -1.92. The van der Waals surface area contributed by atoms with E-state index in [4.69, 9.17) is 0 Å². The summed E-state index contributed by atoms with van der Waals surface area (Å²) in [6.45, 7) is 0. The Hall–Kier alpha value is -0.505. The molecule has 2 N–H and O–H groups in total. The van der Waals surface area contributed by atoms with Gasteiger partial charge in [-0.2, -0.15) is 0 Å². The highest BCUT2D eigenvalue weighted by Crippen LogP contribution is 1.59. The third-order valence-corrected chi connectivity index (χ3v) is 0.201. The summed E-state index contributed by atoms with van der Waals surface area (Å²) in [6, 6.07) is 0. The number of hydrogen-bond acceptors (Lipinski definition) is 3. The number of nitrogens with two attached hydrogens (primary N) is 1. The standard InChI is InChI=1S/C2H3BO2.CH5N/c1-5-2(3)4;1-2/h1H3;2H2,1H3. The van der Waals surface area contributed by atoms with Crippen LogP contribution in [0.2, 0.25) is 0 Å². The maximum atomic E-state index is 9.37. The van der Waals surface area contributed by atoms with E-state index in [1.807, 2.05) is 0 Å². The smallest absolute Gasteiger partial charge is 0.235 e. The molecule has 0 spiro atoms. The molecule has 0 fully saturated rings. The fraction of sp³-hybridized carbons (Fsp3) is 0.667. The molecular weight excluding hydrogens is 92.8 g/mol. The monoisotopic (exact) mass is 101 g/mol. The van der Waals surface area contributed by atoms with Crippen molar-refractivity contribution in [3.05, 3.63) is 0 Å². The Morgan fingerprint density at radius 3 is 1.86 bits per heavy atom. The molecule has 0 atom stereocenters. The minimum Gasteiger partial charge on any atom is -0.478 e. The molecule has 0 aromatic heterocycles. The molecule has 0 rings (SSSR count). The Kier molecular flexibility index (Phi) is 12.6. The van der Waals surface area contributed by atoms with Crippen molar-refractivity contribution in [3.63, 3.8) is 0 Å². The lowest BCUT2D eigenvalue weighted by molar-refractivity contribution is 0.198. The van der Waals surface area contributed by atoms with Crippen LogP contribution < -0.4 is 5.73 Å². The van der Waals surface area contributed by atoms with Crippen LogP contribution in [-0.4, -0.2) is 27.9 Å². The van der Waals surface area contributed by atoms with Crippen LogP contribution in [-0.2, 0) is 4.74 Å². The van der Waals surface area contributed by atoms with Crippen molar-refractivity contribution in [2.75, 3.05) is 14.2 Å². The second kappa shape index (κ2) is 9.09. The van der Waals surface area contributed by atoms with Gasteiger partial charge in [-0.05, 0) is 7.05 Å². The van der Waals surface area contributed by atoms with Gasteiger partial charge in [0.05, 0.1) is 7.11 Å². The average molecular weight is 101 g/mol. The van der Waals surface area contributed by atoms with Gasteiger partial charge in [-0.3, -0.25) is 4.79 Å². The van der Waals surface area contributed by atoms with Crippen molar-refractivity contribution in [3.8, 4) is 0 Å². The Balaban J connectivity index is 0. The van der Waals surface area contributed by atoms with Crippen molar-refractivity contribution in [2.45, 2.75) is 0 Å². The van der Waals surface area contributed by atoms with Gasteiger partial charge in [0, 0.05) is 0 Å². The van der Waals surface area contributed by atoms with Crippen LogP contribution in [0, 0.1) is 0 Å². The predicted octanol–water partition coefficient (Wildman–Crippen LogP) is -0.504. The predicted molar refractivity (Wildman–Crippen MR) is 28.3 cm³/mol. The summed E-state index contributed by atoms with van der Waals surface area (Å²) in [7, 11) is 7.16. The molecule has 0 aromatic rings. The molecule has 0 bridgehead atoms.